The molecule has 1 aliphatic rings. The Balaban J connectivity index is 1.38. The van der Waals surface area contributed by atoms with Gasteiger partial charge in [-0.3, -0.25) is 4.79 Å². The average Bonchev–Trinajstić information content (AvgIpc) is 3.53. The number of carbonyl (C=O) groups excluding carboxylic acids is 2. The zero-order valence-corrected chi connectivity index (χ0v) is 22.1. The molecule has 0 bridgehead atoms. The summed E-state index contributed by atoms with van der Waals surface area (Å²) in [6.07, 6.45) is 1.56. The minimum absolute atomic E-state index is 0.0850. The zero-order valence-electron chi connectivity index (χ0n) is 20.5. The van der Waals surface area contributed by atoms with Crippen LogP contribution in [0.3, 0.4) is 0 Å². The third kappa shape index (κ3) is 5.66. The summed E-state index contributed by atoms with van der Waals surface area (Å²) in [6, 6.07) is 8.79. The number of thiazole rings is 1. The van der Waals surface area contributed by atoms with Crippen molar-refractivity contribution in [1.29, 1.82) is 0 Å². The van der Waals surface area contributed by atoms with Gasteiger partial charge in [-0.05, 0) is 53.9 Å². The summed E-state index contributed by atoms with van der Waals surface area (Å²) in [4.78, 5) is 36.0. The number of pyridine rings is 1. The summed E-state index contributed by atoms with van der Waals surface area (Å²) in [7, 11) is -2.89. The van der Waals surface area contributed by atoms with E-state index in [1.165, 1.54) is 29.5 Å². The van der Waals surface area contributed by atoms with E-state index in [-0.39, 0.29) is 24.3 Å². The number of rotatable bonds is 7. The lowest BCUT2D eigenvalue weighted by Crippen LogP contribution is -2.54. The van der Waals surface area contributed by atoms with Crippen LogP contribution < -0.4 is 19.2 Å². The Bertz CT molecular complexity index is 1660. The predicted octanol–water partition coefficient (Wildman–Crippen LogP) is 3.15. The van der Waals surface area contributed by atoms with Gasteiger partial charge in [0.1, 0.15) is 23.5 Å². The minimum Gasteiger partial charge on any atom is -0.325 e. The van der Waals surface area contributed by atoms with Gasteiger partial charge in [-0.15, -0.1) is 11.3 Å². The third-order valence-corrected chi connectivity index (χ3v) is 8.39. The minimum atomic E-state index is -4.36. The van der Waals surface area contributed by atoms with E-state index in [2.05, 4.69) is 15.3 Å². The lowest BCUT2D eigenvalue weighted by atomic mass is 10.0. The highest BCUT2D eigenvalue weighted by atomic mass is 32.2. The fraction of sp³-hybridized carbons (Fsp3) is 0.200. The summed E-state index contributed by atoms with van der Waals surface area (Å²) in [6.45, 7) is 0.0850. The van der Waals surface area contributed by atoms with Crippen molar-refractivity contribution < 1.29 is 26.8 Å². The molecule has 2 N–H and O–H groups in total. The first kappa shape index (κ1) is 26.4. The van der Waals surface area contributed by atoms with Crippen molar-refractivity contribution >= 4 is 55.2 Å². The van der Waals surface area contributed by atoms with Crippen LogP contribution in [0, 0.1) is 11.6 Å². The highest BCUT2D eigenvalue weighted by Crippen LogP contribution is 2.27. The van der Waals surface area contributed by atoms with Gasteiger partial charge in [-0.25, -0.2) is 32.6 Å². The molecule has 202 valence electrons. The quantitative estimate of drug-likeness (QED) is 0.351. The average molecular weight is 573 g/mol. The molecule has 2 aromatic heterocycles. The number of hydrogen-bond donors (Lipinski definition) is 2. The maximum absolute atomic E-state index is 13.9. The van der Waals surface area contributed by atoms with E-state index in [0.717, 1.165) is 21.1 Å². The molecule has 0 spiro atoms. The molecular formula is C25H22F2N6O4S2. The number of carbonyl (C=O) groups is 2. The molecule has 0 fully saturated rings. The van der Waals surface area contributed by atoms with E-state index in [1.54, 1.807) is 35.8 Å². The number of amides is 3. The smallest absolute Gasteiger partial charge is 0.325 e. The van der Waals surface area contributed by atoms with E-state index in [9.17, 15) is 26.8 Å². The van der Waals surface area contributed by atoms with E-state index in [4.69, 9.17) is 0 Å². The van der Waals surface area contributed by atoms with Crippen LogP contribution in [-0.4, -0.2) is 50.0 Å². The molecule has 5 rings (SSSR count). The lowest BCUT2D eigenvalue weighted by molar-refractivity contribution is -0.120. The summed E-state index contributed by atoms with van der Waals surface area (Å²) < 4.78 is 57.5. The normalized spacial score (nSPS) is 13.7. The Morgan fingerprint density at radius 2 is 1.90 bits per heavy atom. The number of urea groups is 1. The molecule has 10 nitrogen and oxygen atoms in total. The molecule has 0 saturated heterocycles. The Labute approximate surface area is 226 Å². The maximum atomic E-state index is 13.9. The van der Waals surface area contributed by atoms with Crippen molar-refractivity contribution in [3.63, 3.8) is 0 Å². The number of benzene rings is 2. The van der Waals surface area contributed by atoms with Crippen LogP contribution in [0.15, 0.2) is 60.2 Å². The molecule has 2 aromatic carbocycles. The van der Waals surface area contributed by atoms with Gasteiger partial charge < -0.3 is 10.2 Å². The van der Waals surface area contributed by atoms with E-state index >= 15 is 0 Å². The number of halogens is 2. The van der Waals surface area contributed by atoms with Crippen LogP contribution >= 0.6 is 11.3 Å². The van der Waals surface area contributed by atoms with Gasteiger partial charge >= 0.3 is 16.2 Å². The molecule has 3 heterocycles. The Morgan fingerprint density at radius 1 is 1.13 bits per heavy atom. The Hall–Kier alpha value is -4.17. The van der Waals surface area contributed by atoms with Crippen LogP contribution in [0.2, 0.25) is 0 Å². The SMILES string of the molecule is CN(C(=O)C(Cc1cc(F)cc(F)c1)NC(=O)NS(=O)(=O)N1CCc2cccnc21)c1ccc2scnc2c1. The van der Waals surface area contributed by atoms with Crippen molar-refractivity contribution in [2.45, 2.75) is 18.9 Å². The number of fused-ring (bicyclic) bond motifs is 2. The molecule has 39 heavy (non-hydrogen) atoms. The molecule has 1 unspecified atom stereocenters. The first-order valence-electron chi connectivity index (χ1n) is 11.7. The fourth-order valence-corrected chi connectivity index (χ4v) is 6.14. The maximum Gasteiger partial charge on any atom is 0.330 e. The molecule has 3 amide bonds. The molecule has 1 atom stereocenters. The zero-order chi connectivity index (χ0) is 27.7. The number of hydrogen-bond acceptors (Lipinski definition) is 7. The number of likely N-dealkylation sites (N-methyl/N-ethyl adjacent to an activating group) is 1. The molecule has 0 saturated carbocycles. The second kappa shape index (κ2) is 10.5. The highest BCUT2D eigenvalue weighted by Gasteiger charge is 2.33. The van der Waals surface area contributed by atoms with Gasteiger partial charge in [0.15, 0.2) is 0 Å². The van der Waals surface area contributed by atoms with Crippen molar-refractivity contribution in [3.8, 4) is 0 Å². The first-order valence-corrected chi connectivity index (χ1v) is 14.0. The summed E-state index contributed by atoms with van der Waals surface area (Å²) in [5.74, 6) is -2.15. The molecule has 0 radical (unpaired) electrons. The van der Waals surface area contributed by atoms with Gasteiger partial charge in [0.25, 0.3) is 0 Å². The van der Waals surface area contributed by atoms with Crippen LogP contribution in [0.25, 0.3) is 10.2 Å². The highest BCUT2D eigenvalue weighted by molar-refractivity contribution is 7.91. The van der Waals surface area contributed by atoms with Crippen LogP contribution in [0.1, 0.15) is 11.1 Å². The summed E-state index contributed by atoms with van der Waals surface area (Å²) in [5.41, 5.74) is 3.59. The van der Waals surface area contributed by atoms with Crippen molar-refractivity contribution in [3.05, 3.63) is 83.0 Å². The number of nitrogens with zero attached hydrogens (tertiary/aromatic N) is 4. The van der Waals surface area contributed by atoms with Gasteiger partial charge in [-0.1, -0.05) is 6.07 Å². The van der Waals surface area contributed by atoms with Gasteiger partial charge in [-0.2, -0.15) is 8.42 Å². The molecule has 0 aliphatic carbocycles. The third-order valence-electron chi connectivity index (χ3n) is 6.20. The van der Waals surface area contributed by atoms with Gasteiger partial charge in [0.2, 0.25) is 5.91 Å². The number of aromatic nitrogens is 2. The Kier molecular flexibility index (Phi) is 7.14. The van der Waals surface area contributed by atoms with E-state index in [0.29, 0.717) is 29.3 Å². The lowest BCUT2D eigenvalue weighted by Gasteiger charge is -2.26. The summed E-state index contributed by atoms with van der Waals surface area (Å²) in [5, 5.41) is 2.36. The van der Waals surface area contributed by atoms with Crippen molar-refractivity contribution in [2.75, 3.05) is 22.8 Å². The fourth-order valence-electron chi connectivity index (χ4n) is 4.35. The van der Waals surface area contributed by atoms with Crippen LogP contribution in [0.5, 0.6) is 0 Å². The molecule has 14 heteroatoms. The van der Waals surface area contributed by atoms with Crippen molar-refractivity contribution in [1.82, 2.24) is 20.0 Å². The molecule has 1 aliphatic heterocycles. The monoisotopic (exact) mass is 572 g/mol. The number of anilines is 2. The predicted molar refractivity (Wildman–Crippen MR) is 143 cm³/mol. The van der Waals surface area contributed by atoms with E-state index < -0.39 is 39.8 Å². The van der Waals surface area contributed by atoms with Crippen LogP contribution in [-0.2, 0) is 27.8 Å². The second-order valence-corrected chi connectivity index (χ2v) is 11.3. The first-order chi connectivity index (χ1) is 18.6. The van der Waals surface area contributed by atoms with Gasteiger partial charge in [0, 0.05) is 38.0 Å². The second-order valence-electron chi connectivity index (χ2n) is 8.82. The Morgan fingerprint density at radius 3 is 2.67 bits per heavy atom. The molecular weight excluding hydrogens is 550 g/mol. The number of nitrogens with one attached hydrogen (secondary N) is 2. The van der Waals surface area contributed by atoms with Crippen molar-refractivity contribution in [2.24, 2.45) is 0 Å². The summed E-state index contributed by atoms with van der Waals surface area (Å²) >= 11 is 1.43. The largest absolute Gasteiger partial charge is 0.330 e. The van der Waals surface area contributed by atoms with E-state index in [1.807, 2.05) is 4.72 Å². The van der Waals surface area contributed by atoms with Crippen LogP contribution in [0.4, 0.5) is 25.1 Å². The van der Waals surface area contributed by atoms with Gasteiger partial charge in [0.05, 0.1) is 15.7 Å². The standard InChI is InChI=1S/C25H22F2N6O4S2/c1-32(19-4-5-22-20(13-19)29-14-38-22)24(34)21(11-15-9-17(26)12-18(27)10-15)30-25(35)31-39(36,37)33-8-6-16-3-2-7-28-23(16)33/h2-5,7,9-10,12-14,21H,6,8,11H2,1H3,(H2,30,31,35). The molecule has 4 aromatic rings. The topological polar surface area (TPSA) is 125 Å².